The molecule has 1 aliphatic heterocycles. The van der Waals surface area contributed by atoms with Crippen molar-refractivity contribution in [3.05, 3.63) is 98.6 Å². The van der Waals surface area contributed by atoms with E-state index in [-0.39, 0.29) is 23.1 Å². The molecule has 2 aliphatic rings. The number of carboxylic acids is 1. The summed E-state index contributed by atoms with van der Waals surface area (Å²) < 4.78 is 5.62. The van der Waals surface area contributed by atoms with Crippen LogP contribution in [0.15, 0.2) is 66.7 Å². The standard InChI is InChI=1S/C31H29ClN4O8/c1-16(2)27(34-31(41)44-15-22-20-9-5-3-7-18(20)19-8-4-6-10-21(19)22)29(38)35-25(30(39)40)14-26(37)33-28(35)17-11-12-23(32)24(13-17)36(42)43/h3-13,16,22,25,27-28H,14-15H2,1-2H3,(H,33,37)(H,34,41)(H,39,40)/t25-,27-,28-/m0/s1. The van der Waals surface area contributed by atoms with Gasteiger partial charge < -0.3 is 25.4 Å². The molecular formula is C31H29ClN4O8. The number of fused-ring (bicyclic) bond motifs is 3. The van der Waals surface area contributed by atoms with Crippen molar-refractivity contribution in [3.8, 4) is 11.1 Å². The number of nitro benzene ring substituents is 1. The number of ether oxygens (including phenoxy) is 1. The van der Waals surface area contributed by atoms with Crippen molar-refractivity contribution in [1.82, 2.24) is 15.5 Å². The number of nitrogens with zero attached hydrogens (tertiary/aromatic N) is 2. The van der Waals surface area contributed by atoms with Crippen LogP contribution in [0.1, 0.15) is 49.0 Å². The molecule has 44 heavy (non-hydrogen) atoms. The zero-order valence-corrected chi connectivity index (χ0v) is 24.5. The summed E-state index contributed by atoms with van der Waals surface area (Å²) in [4.78, 5) is 63.7. The van der Waals surface area contributed by atoms with Gasteiger partial charge in [-0.05, 0) is 34.2 Å². The molecule has 0 spiro atoms. The first kappa shape index (κ1) is 30.5. The van der Waals surface area contributed by atoms with Gasteiger partial charge in [0.25, 0.3) is 5.69 Å². The van der Waals surface area contributed by atoms with Gasteiger partial charge in [-0.1, -0.05) is 80.0 Å². The number of amides is 3. The molecule has 13 heteroatoms. The lowest BCUT2D eigenvalue weighted by Crippen LogP contribution is -2.63. The van der Waals surface area contributed by atoms with E-state index in [1.165, 1.54) is 12.1 Å². The third-order valence-electron chi connectivity index (χ3n) is 7.86. The monoisotopic (exact) mass is 620 g/mol. The quantitative estimate of drug-likeness (QED) is 0.242. The molecule has 0 radical (unpaired) electrons. The molecule has 1 fully saturated rings. The van der Waals surface area contributed by atoms with Crippen LogP contribution >= 0.6 is 11.6 Å². The van der Waals surface area contributed by atoms with Crippen LogP contribution < -0.4 is 10.6 Å². The minimum atomic E-state index is -1.61. The van der Waals surface area contributed by atoms with Gasteiger partial charge in [0.2, 0.25) is 11.8 Å². The van der Waals surface area contributed by atoms with Gasteiger partial charge in [0.05, 0.1) is 11.3 Å². The normalized spacial score (nSPS) is 18.2. The number of nitro groups is 1. The van der Waals surface area contributed by atoms with Crippen LogP contribution in [-0.2, 0) is 19.1 Å². The van der Waals surface area contributed by atoms with Crippen molar-refractivity contribution in [2.24, 2.45) is 5.92 Å². The van der Waals surface area contributed by atoms with Crippen LogP contribution in [0.25, 0.3) is 11.1 Å². The summed E-state index contributed by atoms with van der Waals surface area (Å²) in [5.74, 6) is -3.70. The van der Waals surface area contributed by atoms with Crippen molar-refractivity contribution in [2.45, 2.75) is 44.4 Å². The van der Waals surface area contributed by atoms with Crippen LogP contribution in [0.2, 0.25) is 5.02 Å². The van der Waals surface area contributed by atoms with Crippen LogP contribution in [0.4, 0.5) is 10.5 Å². The van der Waals surface area contributed by atoms with Gasteiger partial charge in [-0.3, -0.25) is 19.7 Å². The van der Waals surface area contributed by atoms with Crippen molar-refractivity contribution in [1.29, 1.82) is 0 Å². The lowest BCUT2D eigenvalue weighted by Gasteiger charge is -2.42. The second-order valence-corrected chi connectivity index (χ2v) is 11.3. The number of benzene rings is 3. The maximum absolute atomic E-state index is 14.0. The molecule has 0 bridgehead atoms. The van der Waals surface area contributed by atoms with Gasteiger partial charge in [0.15, 0.2) is 0 Å². The molecule has 0 saturated carbocycles. The third kappa shape index (κ3) is 5.80. The fraction of sp³-hybridized carbons (Fsp3) is 0.290. The molecule has 1 saturated heterocycles. The maximum atomic E-state index is 14.0. The Morgan fingerprint density at radius 1 is 1.09 bits per heavy atom. The molecule has 12 nitrogen and oxygen atoms in total. The van der Waals surface area contributed by atoms with E-state index < -0.39 is 65.1 Å². The number of carbonyl (C=O) groups is 4. The highest BCUT2D eigenvalue weighted by molar-refractivity contribution is 6.32. The zero-order valence-electron chi connectivity index (χ0n) is 23.7. The molecule has 3 N–H and O–H groups in total. The Morgan fingerprint density at radius 2 is 1.70 bits per heavy atom. The van der Waals surface area contributed by atoms with Gasteiger partial charge in [-0.15, -0.1) is 0 Å². The summed E-state index contributed by atoms with van der Waals surface area (Å²) in [5, 5.41) is 26.5. The van der Waals surface area contributed by atoms with Crippen LogP contribution in [0, 0.1) is 16.0 Å². The largest absolute Gasteiger partial charge is 0.480 e. The lowest BCUT2D eigenvalue weighted by atomic mass is 9.97. The number of rotatable bonds is 8. The molecular weight excluding hydrogens is 592 g/mol. The number of halogens is 1. The van der Waals surface area contributed by atoms with E-state index in [1.54, 1.807) is 13.8 Å². The first-order chi connectivity index (χ1) is 21.0. The van der Waals surface area contributed by atoms with Crippen LogP contribution in [-0.4, -0.2) is 57.5 Å². The number of nitrogens with one attached hydrogen (secondary N) is 2. The fourth-order valence-corrected chi connectivity index (χ4v) is 5.93. The Kier molecular flexibility index (Phi) is 8.54. The highest BCUT2D eigenvalue weighted by atomic mass is 35.5. The molecule has 0 aromatic heterocycles. The number of aliphatic carboxylic acids is 1. The van der Waals surface area contributed by atoms with Gasteiger partial charge in [0.1, 0.15) is 29.9 Å². The van der Waals surface area contributed by atoms with Gasteiger partial charge in [-0.25, -0.2) is 9.59 Å². The molecule has 228 valence electrons. The predicted octanol–water partition coefficient (Wildman–Crippen LogP) is 4.61. The van der Waals surface area contributed by atoms with E-state index in [1.807, 2.05) is 48.5 Å². The predicted molar refractivity (Wildman–Crippen MR) is 159 cm³/mol. The van der Waals surface area contributed by atoms with Crippen molar-refractivity contribution in [2.75, 3.05) is 6.61 Å². The second kappa shape index (κ2) is 12.3. The minimum Gasteiger partial charge on any atom is -0.480 e. The number of hydrogen-bond donors (Lipinski definition) is 3. The van der Waals surface area contributed by atoms with Crippen LogP contribution in [0.3, 0.4) is 0 Å². The second-order valence-electron chi connectivity index (χ2n) is 10.9. The zero-order chi connectivity index (χ0) is 31.7. The van der Waals surface area contributed by atoms with E-state index in [9.17, 15) is 34.4 Å². The molecule has 3 aromatic rings. The topological polar surface area (TPSA) is 168 Å². The van der Waals surface area contributed by atoms with E-state index in [2.05, 4.69) is 10.6 Å². The summed E-state index contributed by atoms with van der Waals surface area (Å²) in [6.45, 7) is 3.31. The molecule has 5 rings (SSSR count). The Balaban J connectivity index is 1.39. The van der Waals surface area contributed by atoms with E-state index in [0.717, 1.165) is 33.2 Å². The van der Waals surface area contributed by atoms with Crippen molar-refractivity contribution < 1.29 is 33.9 Å². The lowest BCUT2D eigenvalue weighted by molar-refractivity contribution is -0.384. The van der Waals surface area contributed by atoms with Crippen molar-refractivity contribution in [3.63, 3.8) is 0 Å². The number of hydrogen-bond acceptors (Lipinski definition) is 7. The number of carboxylic acid groups (broad SMARTS) is 1. The maximum Gasteiger partial charge on any atom is 0.407 e. The average Bonchev–Trinajstić information content (AvgIpc) is 3.31. The molecule has 3 atom stereocenters. The Labute approximate surface area is 257 Å². The SMILES string of the molecule is CC(C)[C@H](NC(=O)OCC1c2ccccc2-c2ccccc21)C(=O)N1[C@@H](c2ccc(Cl)c([N+](=O)[O-])c2)NC(=O)C[C@H]1C(=O)O. The number of carbonyl (C=O) groups excluding carboxylic acids is 3. The fourth-order valence-electron chi connectivity index (χ4n) is 5.75. The average molecular weight is 621 g/mol. The summed E-state index contributed by atoms with van der Waals surface area (Å²) >= 11 is 5.95. The van der Waals surface area contributed by atoms with Gasteiger partial charge >= 0.3 is 12.1 Å². The van der Waals surface area contributed by atoms with E-state index in [0.29, 0.717) is 0 Å². The van der Waals surface area contributed by atoms with Gasteiger partial charge in [-0.2, -0.15) is 0 Å². The summed E-state index contributed by atoms with van der Waals surface area (Å²) in [6.07, 6.45) is -2.82. The molecule has 1 heterocycles. The molecule has 3 amide bonds. The first-order valence-corrected chi connectivity index (χ1v) is 14.3. The van der Waals surface area contributed by atoms with Crippen LogP contribution in [0.5, 0.6) is 0 Å². The van der Waals surface area contributed by atoms with E-state index >= 15 is 0 Å². The molecule has 1 aliphatic carbocycles. The Morgan fingerprint density at radius 3 is 2.27 bits per heavy atom. The highest BCUT2D eigenvalue weighted by Gasteiger charge is 2.45. The molecule has 0 unspecified atom stereocenters. The number of alkyl carbamates (subject to hydrolysis) is 1. The summed E-state index contributed by atoms with van der Waals surface area (Å²) in [6, 6.07) is 16.4. The first-order valence-electron chi connectivity index (χ1n) is 13.9. The smallest absolute Gasteiger partial charge is 0.407 e. The van der Waals surface area contributed by atoms with E-state index in [4.69, 9.17) is 16.3 Å². The van der Waals surface area contributed by atoms with Crippen molar-refractivity contribution >= 4 is 41.2 Å². The highest BCUT2D eigenvalue weighted by Crippen LogP contribution is 2.44. The molecule has 3 aromatic carbocycles. The van der Waals surface area contributed by atoms with Gasteiger partial charge in [0, 0.05) is 17.5 Å². The summed E-state index contributed by atoms with van der Waals surface area (Å²) in [5.41, 5.74) is 3.69. The Bertz CT molecular complexity index is 1620. The summed E-state index contributed by atoms with van der Waals surface area (Å²) in [7, 11) is 0. The third-order valence-corrected chi connectivity index (χ3v) is 8.18. The Hall–Kier alpha value is -4.97. The minimum absolute atomic E-state index is 0.00649.